The molecule has 6 nitrogen and oxygen atoms in total. The van der Waals surface area contributed by atoms with Crippen LogP contribution in [0.4, 0.5) is 0 Å². The quantitative estimate of drug-likeness (QED) is 0.700. The van der Waals surface area contributed by atoms with Gasteiger partial charge in [-0.05, 0) is 26.0 Å². The van der Waals surface area contributed by atoms with Crippen molar-refractivity contribution in [2.45, 2.75) is 39.3 Å². The molecule has 3 aromatic rings. The third-order valence-electron chi connectivity index (χ3n) is 4.14. The topological polar surface area (TPSA) is 68.8 Å². The molecule has 0 aliphatic carbocycles. The van der Waals surface area contributed by atoms with E-state index in [0.29, 0.717) is 17.8 Å². The minimum absolute atomic E-state index is 0. The minimum atomic E-state index is 0. The zero-order valence-electron chi connectivity index (χ0n) is 14.8. The van der Waals surface area contributed by atoms with E-state index in [1.165, 1.54) is 5.56 Å². The maximum Gasteiger partial charge on any atom is 0.261 e. The second kappa shape index (κ2) is 8.78. The highest BCUT2D eigenvalue weighted by Crippen LogP contribution is 2.23. The van der Waals surface area contributed by atoms with Gasteiger partial charge in [-0.2, -0.15) is 10.1 Å². The van der Waals surface area contributed by atoms with E-state index in [9.17, 15) is 0 Å². The number of halogens is 1. The Hall–Kier alpha value is -2.18. The van der Waals surface area contributed by atoms with Crippen LogP contribution in [0.25, 0.3) is 11.5 Å². The van der Waals surface area contributed by atoms with Crippen molar-refractivity contribution in [3.8, 4) is 11.5 Å². The van der Waals surface area contributed by atoms with E-state index in [4.69, 9.17) is 4.52 Å². The normalized spacial score (nSPS) is 12.0. The molecular weight excluding hydrogens is 338 g/mol. The molecule has 2 aromatic heterocycles. The first kappa shape index (κ1) is 19.1. The van der Waals surface area contributed by atoms with Crippen molar-refractivity contribution in [1.29, 1.82) is 0 Å². The van der Waals surface area contributed by atoms with Gasteiger partial charge in [0.2, 0.25) is 0 Å². The lowest BCUT2D eigenvalue weighted by molar-refractivity contribution is 0.418. The Balaban J connectivity index is 0.00000225. The van der Waals surface area contributed by atoms with Gasteiger partial charge in [0.1, 0.15) is 0 Å². The standard InChI is InChI=1S/C18H23N5O.ClH/c1-4-16-15(18-21-17(22-24-18)10-13(2)19-3)11-20-23(16)12-14-8-6-5-7-9-14;/h5-9,11,13,19H,4,10,12H2,1-3H3;1H. The molecule has 0 radical (unpaired) electrons. The summed E-state index contributed by atoms with van der Waals surface area (Å²) in [6.07, 6.45) is 3.41. The summed E-state index contributed by atoms with van der Waals surface area (Å²) in [6, 6.07) is 10.6. The number of benzene rings is 1. The molecule has 7 heteroatoms. The Bertz CT molecular complexity index is 784. The average molecular weight is 362 g/mol. The summed E-state index contributed by atoms with van der Waals surface area (Å²) in [7, 11) is 1.93. The maximum atomic E-state index is 5.46. The molecule has 0 spiro atoms. The van der Waals surface area contributed by atoms with E-state index in [-0.39, 0.29) is 12.4 Å². The van der Waals surface area contributed by atoms with Crippen LogP contribution in [-0.2, 0) is 19.4 Å². The Kier molecular flexibility index (Phi) is 6.73. The molecule has 1 atom stereocenters. The third-order valence-corrected chi connectivity index (χ3v) is 4.14. The zero-order chi connectivity index (χ0) is 16.9. The highest BCUT2D eigenvalue weighted by molar-refractivity contribution is 5.85. The van der Waals surface area contributed by atoms with Crippen LogP contribution in [0.5, 0.6) is 0 Å². The molecule has 0 fully saturated rings. The van der Waals surface area contributed by atoms with Crippen molar-refractivity contribution in [1.82, 2.24) is 25.2 Å². The van der Waals surface area contributed by atoms with Crippen LogP contribution < -0.4 is 5.32 Å². The van der Waals surface area contributed by atoms with E-state index >= 15 is 0 Å². The maximum absolute atomic E-state index is 5.46. The fourth-order valence-electron chi connectivity index (χ4n) is 2.68. The molecule has 3 rings (SSSR count). The molecule has 0 saturated heterocycles. The summed E-state index contributed by atoms with van der Waals surface area (Å²) < 4.78 is 7.46. The number of nitrogens with zero attached hydrogens (tertiary/aromatic N) is 4. The third kappa shape index (κ3) is 4.46. The van der Waals surface area contributed by atoms with Crippen LogP contribution in [0, 0.1) is 0 Å². The highest BCUT2D eigenvalue weighted by atomic mass is 35.5. The van der Waals surface area contributed by atoms with Crippen molar-refractivity contribution < 1.29 is 4.52 Å². The second-order valence-corrected chi connectivity index (χ2v) is 5.91. The van der Waals surface area contributed by atoms with Crippen molar-refractivity contribution in [2.24, 2.45) is 0 Å². The van der Waals surface area contributed by atoms with Crippen LogP contribution in [0.2, 0.25) is 0 Å². The predicted octanol–water partition coefficient (Wildman–Crippen LogP) is 3.12. The highest BCUT2D eigenvalue weighted by Gasteiger charge is 2.18. The summed E-state index contributed by atoms with van der Waals surface area (Å²) in [5.41, 5.74) is 3.25. The monoisotopic (exact) mass is 361 g/mol. The van der Waals surface area contributed by atoms with Gasteiger partial charge in [0.25, 0.3) is 5.89 Å². The first-order chi connectivity index (χ1) is 11.7. The molecule has 2 heterocycles. The number of rotatable bonds is 7. The van der Waals surface area contributed by atoms with E-state index in [1.807, 2.05) is 36.1 Å². The molecule has 1 aromatic carbocycles. The summed E-state index contributed by atoms with van der Waals surface area (Å²) in [4.78, 5) is 4.53. The summed E-state index contributed by atoms with van der Waals surface area (Å²) in [5.74, 6) is 1.26. The van der Waals surface area contributed by atoms with Gasteiger partial charge in [-0.15, -0.1) is 12.4 Å². The van der Waals surface area contributed by atoms with E-state index in [0.717, 1.165) is 30.6 Å². The van der Waals surface area contributed by atoms with Crippen molar-refractivity contribution in [2.75, 3.05) is 7.05 Å². The number of likely N-dealkylation sites (N-methyl/N-ethyl adjacent to an activating group) is 1. The number of hydrogen-bond donors (Lipinski definition) is 1. The summed E-state index contributed by atoms with van der Waals surface area (Å²) in [5, 5.41) is 11.8. The largest absolute Gasteiger partial charge is 0.334 e. The van der Waals surface area contributed by atoms with Crippen LogP contribution >= 0.6 is 12.4 Å². The lowest BCUT2D eigenvalue weighted by Crippen LogP contribution is -2.24. The fraction of sp³-hybridized carbons (Fsp3) is 0.389. The summed E-state index contributed by atoms with van der Waals surface area (Å²) in [6.45, 7) is 4.94. The minimum Gasteiger partial charge on any atom is -0.334 e. The summed E-state index contributed by atoms with van der Waals surface area (Å²) >= 11 is 0. The first-order valence-electron chi connectivity index (χ1n) is 8.30. The molecule has 0 bridgehead atoms. The molecule has 0 amide bonds. The number of hydrogen-bond acceptors (Lipinski definition) is 5. The fourth-order valence-corrected chi connectivity index (χ4v) is 2.68. The molecule has 0 aliphatic heterocycles. The van der Waals surface area contributed by atoms with Gasteiger partial charge >= 0.3 is 0 Å². The molecule has 1 unspecified atom stereocenters. The Morgan fingerprint density at radius 3 is 2.68 bits per heavy atom. The molecule has 0 saturated carbocycles. The Labute approximate surface area is 154 Å². The van der Waals surface area contributed by atoms with Gasteiger partial charge in [0.05, 0.1) is 24.0 Å². The molecule has 134 valence electrons. The molecule has 0 aliphatic rings. The zero-order valence-corrected chi connectivity index (χ0v) is 15.6. The Morgan fingerprint density at radius 1 is 1.24 bits per heavy atom. The van der Waals surface area contributed by atoms with Crippen LogP contribution in [0.15, 0.2) is 41.1 Å². The number of aromatic nitrogens is 4. The average Bonchev–Trinajstić information content (AvgIpc) is 3.22. The van der Waals surface area contributed by atoms with Gasteiger partial charge in [-0.1, -0.05) is 42.4 Å². The van der Waals surface area contributed by atoms with Gasteiger partial charge in [0.15, 0.2) is 5.82 Å². The lowest BCUT2D eigenvalue weighted by atomic mass is 10.2. The van der Waals surface area contributed by atoms with Crippen LogP contribution in [-0.4, -0.2) is 33.0 Å². The van der Waals surface area contributed by atoms with E-state index in [1.54, 1.807) is 0 Å². The van der Waals surface area contributed by atoms with Crippen molar-refractivity contribution in [3.05, 3.63) is 53.6 Å². The second-order valence-electron chi connectivity index (χ2n) is 5.91. The van der Waals surface area contributed by atoms with Gasteiger partial charge in [0, 0.05) is 12.5 Å². The van der Waals surface area contributed by atoms with Crippen LogP contribution in [0.3, 0.4) is 0 Å². The lowest BCUT2D eigenvalue weighted by Gasteiger charge is -2.07. The molecule has 25 heavy (non-hydrogen) atoms. The Morgan fingerprint density at radius 2 is 2.00 bits per heavy atom. The van der Waals surface area contributed by atoms with Gasteiger partial charge < -0.3 is 9.84 Å². The van der Waals surface area contributed by atoms with Crippen molar-refractivity contribution >= 4 is 12.4 Å². The number of nitrogens with one attached hydrogen (secondary N) is 1. The van der Waals surface area contributed by atoms with E-state index < -0.39 is 0 Å². The van der Waals surface area contributed by atoms with E-state index in [2.05, 4.69) is 46.5 Å². The van der Waals surface area contributed by atoms with Crippen LogP contribution in [0.1, 0.15) is 30.9 Å². The smallest absolute Gasteiger partial charge is 0.261 e. The van der Waals surface area contributed by atoms with Gasteiger partial charge in [-0.25, -0.2) is 0 Å². The first-order valence-corrected chi connectivity index (χ1v) is 8.30. The van der Waals surface area contributed by atoms with Crippen molar-refractivity contribution in [3.63, 3.8) is 0 Å². The SMILES string of the molecule is CCc1c(-c2nc(CC(C)NC)no2)cnn1Cc1ccccc1.Cl. The molecule has 1 N–H and O–H groups in total. The molecular formula is C18H24ClN5O. The van der Waals surface area contributed by atoms with Gasteiger partial charge in [-0.3, -0.25) is 4.68 Å². The predicted molar refractivity (Wildman–Crippen MR) is 99.9 cm³/mol.